The Bertz CT molecular complexity index is 599. The van der Waals surface area contributed by atoms with E-state index in [1.807, 2.05) is 0 Å². The first-order chi connectivity index (χ1) is 9.49. The Morgan fingerprint density at radius 3 is 2.50 bits per heavy atom. The van der Waals surface area contributed by atoms with Gasteiger partial charge in [0.1, 0.15) is 17.3 Å². The van der Waals surface area contributed by atoms with Gasteiger partial charge < -0.3 is 15.5 Å². The fourth-order valence-electron chi connectivity index (χ4n) is 2.03. The van der Waals surface area contributed by atoms with E-state index in [9.17, 15) is 14.6 Å². The summed E-state index contributed by atoms with van der Waals surface area (Å²) in [5.74, 6) is -0.270. The fourth-order valence-corrected chi connectivity index (χ4v) is 2.44. The van der Waals surface area contributed by atoms with Crippen molar-refractivity contribution in [1.82, 2.24) is 5.32 Å². The number of halogens is 2. The molecule has 0 spiro atoms. The third-order valence-electron chi connectivity index (χ3n) is 3.10. The fraction of sp³-hybridized carbons (Fsp3) is 0.200. The molecule has 0 saturated carbocycles. The molecule has 0 amide bonds. The van der Waals surface area contributed by atoms with Crippen LogP contribution in [0.1, 0.15) is 24.1 Å². The molecular weight excluding hydrogens is 325 g/mol. The Hall–Kier alpha value is -1.59. The Labute approximate surface area is 125 Å². The summed E-state index contributed by atoms with van der Waals surface area (Å²) in [4.78, 5) is 0. The van der Waals surface area contributed by atoms with Crippen molar-refractivity contribution < 1.29 is 14.6 Å². The minimum Gasteiger partial charge on any atom is -0.507 e. The topological polar surface area (TPSA) is 52.5 Å². The van der Waals surface area contributed by atoms with Crippen LogP contribution in [0.2, 0.25) is 0 Å². The van der Waals surface area contributed by atoms with Crippen molar-refractivity contribution in [2.24, 2.45) is 0 Å². The summed E-state index contributed by atoms with van der Waals surface area (Å²) in [6.07, 6.45) is 0. The van der Waals surface area contributed by atoms with Gasteiger partial charge in [-0.1, -0.05) is 22.0 Å². The molecule has 1 unspecified atom stereocenters. The lowest BCUT2D eigenvalue weighted by atomic mass is 10.1. The van der Waals surface area contributed by atoms with Crippen LogP contribution in [-0.2, 0) is 6.54 Å². The van der Waals surface area contributed by atoms with Crippen LogP contribution < -0.4 is 5.32 Å². The first-order valence-electron chi connectivity index (χ1n) is 6.17. The number of hydrogen-bond acceptors (Lipinski definition) is 3. The zero-order valence-corrected chi connectivity index (χ0v) is 12.5. The van der Waals surface area contributed by atoms with E-state index < -0.39 is 0 Å². The molecule has 3 N–H and O–H groups in total. The van der Waals surface area contributed by atoms with Crippen LogP contribution in [0.5, 0.6) is 11.5 Å². The van der Waals surface area contributed by atoms with E-state index in [-0.39, 0.29) is 23.4 Å². The van der Waals surface area contributed by atoms with Crippen molar-refractivity contribution in [3.8, 4) is 11.5 Å². The smallest absolute Gasteiger partial charge is 0.127 e. The van der Waals surface area contributed by atoms with Gasteiger partial charge in [-0.15, -0.1) is 0 Å². The lowest BCUT2D eigenvalue weighted by Crippen LogP contribution is -2.19. The summed E-state index contributed by atoms with van der Waals surface area (Å²) in [5, 5.41) is 22.6. The third kappa shape index (κ3) is 3.29. The Balaban J connectivity index is 2.13. The number of nitrogens with one attached hydrogen (secondary N) is 1. The standard InChI is InChI=1S/C15H15BrFNO2/c1-9(15-13(19)3-2-4-14(15)20)18-8-10-7-11(16)5-6-12(10)17/h2-7,9,18-20H,8H2,1H3. The van der Waals surface area contributed by atoms with Gasteiger partial charge in [0.25, 0.3) is 0 Å². The zero-order chi connectivity index (χ0) is 14.7. The predicted octanol–water partition coefficient (Wildman–Crippen LogP) is 3.85. The number of benzene rings is 2. The van der Waals surface area contributed by atoms with Crippen LogP contribution in [0.15, 0.2) is 40.9 Å². The van der Waals surface area contributed by atoms with Crippen molar-refractivity contribution in [3.63, 3.8) is 0 Å². The second-order valence-corrected chi connectivity index (χ2v) is 5.46. The highest BCUT2D eigenvalue weighted by Crippen LogP contribution is 2.32. The molecule has 3 nitrogen and oxygen atoms in total. The second-order valence-electron chi connectivity index (χ2n) is 4.55. The van der Waals surface area contributed by atoms with Gasteiger partial charge in [0, 0.05) is 22.6 Å². The minimum atomic E-state index is -0.311. The van der Waals surface area contributed by atoms with Gasteiger partial charge in [-0.3, -0.25) is 0 Å². The van der Waals surface area contributed by atoms with Crippen molar-refractivity contribution in [2.75, 3.05) is 0 Å². The van der Waals surface area contributed by atoms with Gasteiger partial charge >= 0.3 is 0 Å². The van der Waals surface area contributed by atoms with Gasteiger partial charge in [0.2, 0.25) is 0 Å². The summed E-state index contributed by atoms with van der Waals surface area (Å²) in [6.45, 7) is 2.09. The molecule has 2 rings (SSSR count). The molecule has 0 aliphatic rings. The molecule has 5 heteroatoms. The van der Waals surface area contributed by atoms with E-state index in [0.29, 0.717) is 17.7 Å². The Kier molecular flexibility index (Phi) is 4.62. The maximum Gasteiger partial charge on any atom is 0.127 e. The summed E-state index contributed by atoms with van der Waals surface area (Å²) < 4.78 is 14.4. The molecule has 2 aromatic rings. The first kappa shape index (κ1) is 14.8. The highest BCUT2D eigenvalue weighted by Gasteiger charge is 2.15. The lowest BCUT2D eigenvalue weighted by Gasteiger charge is -2.17. The van der Waals surface area contributed by atoms with Gasteiger partial charge in [0.05, 0.1) is 5.56 Å². The first-order valence-corrected chi connectivity index (χ1v) is 6.96. The highest BCUT2D eigenvalue weighted by atomic mass is 79.9. The minimum absolute atomic E-state index is 0.0136. The maximum absolute atomic E-state index is 13.6. The Morgan fingerprint density at radius 1 is 1.20 bits per heavy atom. The molecular formula is C15H15BrFNO2. The van der Waals surface area contributed by atoms with E-state index in [1.165, 1.54) is 18.2 Å². The van der Waals surface area contributed by atoms with Gasteiger partial charge in [-0.2, -0.15) is 0 Å². The van der Waals surface area contributed by atoms with Crippen LogP contribution in [-0.4, -0.2) is 10.2 Å². The van der Waals surface area contributed by atoms with Gasteiger partial charge in [-0.25, -0.2) is 4.39 Å². The van der Waals surface area contributed by atoms with Gasteiger partial charge in [0.15, 0.2) is 0 Å². The molecule has 0 saturated heterocycles. The van der Waals surface area contributed by atoms with E-state index in [2.05, 4.69) is 21.2 Å². The number of rotatable bonds is 4. The molecule has 1 atom stereocenters. The Morgan fingerprint density at radius 2 is 1.85 bits per heavy atom. The normalized spacial score (nSPS) is 12.3. The van der Waals surface area contributed by atoms with Crippen molar-refractivity contribution in [3.05, 3.63) is 57.8 Å². The van der Waals surface area contributed by atoms with Crippen LogP contribution in [0.25, 0.3) is 0 Å². The zero-order valence-electron chi connectivity index (χ0n) is 10.9. The van der Waals surface area contributed by atoms with Crippen molar-refractivity contribution in [2.45, 2.75) is 19.5 Å². The SMILES string of the molecule is CC(NCc1cc(Br)ccc1F)c1c(O)cccc1O. The van der Waals surface area contributed by atoms with E-state index in [1.54, 1.807) is 25.1 Å². The summed E-state index contributed by atoms with van der Waals surface area (Å²) in [5.41, 5.74) is 0.920. The molecule has 0 radical (unpaired) electrons. The van der Waals surface area contributed by atoms with Crippen LogP contribution in [0.3, 0.4) is 0 Å². The molecule has 0 heterocycles. The van der Waals surface area contributed by atoms with E-state index in [4.69, 9.17) is 0 Å². The molecule has 0 bridgehead atoms. The number of aromatic hydroxyl groups is 2. The van der Waals surface area contributed by atoms with Crippen LogP contribution in [0.4, 0.5) is 4.39 Å². The number of phenols is 2. The monoisotopic (exact) mass is 339 g/mol. The molecule has 0 aliphatic carbocycles. The second kappa shape index (κ2) is 6.24. The van der Waals surface area contributed by atoms with Gasteiger partial charge in [-0.05, 0) is 37.3 Å². The molecule has 20 heavy (non-hydrogen) atoms. The summed E-state index contributed by atoms with van der Waals surface area (Å²) >= 11 is 3.30. The molecule has 0 fully saturated rings. The molecule has 0 aromatic heterocycles. The average Bonchev–Trinajstić information content (AvgIpc) is 2.39. The summed E-state index contributed by atoms with van der Waals surface area (Å²) in [6, 6.07) is 8.99. The maximum atomic E-state index is 13.6. The largest absolute Gasteiger partial charge is 0.507 e. The number of phenolic OH excluding ortho intramolecular Hbond substituents is 2. The molecule has 0 aliphatic heterocycles. The van der Waals surface area contributed by atoms with Crippen molar-refractivity contribution >= 4 is 15.9 Å². The predicted molar refractivity (Wildman–Crippen MR) is 79.1 cm³/mol. The molecule has 2 aromatic carbocycles. The van der Waals surface area contributed by atoms with E-state index >= 15 is 0 Å². The van der Waals surface area contributed by atoms with Crippen molar-refractivity contribution in [1.29, 1.82) is 0 Å². The van der Waals surface area contributed by atoms with Crippen LogP contribution in [0, 0.1) is 5.82 Å². The van der Waals surface area contributed by atoms with Crippen LogP contribution >= 0.6 is 15.9 Å². The van der Waals surface area contributed by atoms with E-state index in [0.717, 1.165) is 4.47 Å². The quantitative estimate of drug-likeness (QED) is 0.792. The summed E-state index contributed by atoms with van der Waals surface area (Å²) in [7, 11) is 0. The third-order valence-corrected chi connectivity index (χ3v) is 3.59. The average molecular weight is 340 g/mol. The number of hydrogen-bond donors (Lipinski definition) is 3. The lowest BCUT2D eigenvalue weighted by molar-refractivity contribution is 0.417. The molecule has 106 valence electrons. The highest BCUT2D eigenvalue weighted by molar-refractivity contribution is 9.10.